The quantitative estimate of drug-likeness (QED) is 0.651. The number of benzene rings is 2. The van der Waals surface area contributed by atoms with Gasteiger partial charge in [0.05, 0.1) is 13.2 Å². The maximum atomic E-state index is 13.9. The molecule has 0 aliphatic heterocycles. The van der Waals surface area contributed by atoms with E-state index in [9.17, 15) is 4.39 Å². The molecule has 0 spiro atoms. The molecule has 22 heavy (non-hydrogen) atoms. The van der Waals surface area contributed by atoms with Gasteiger partial charge in [0.1, 0.15) is 5.75 Å². The molecule has 0 aliphatic rings. The average Bonchev–Trinajstić information content (AvgIpc) is 2.43. The van der Waals surface area contributed by atoms with Gasteiger partial charge in [-0.15, -0.1) is 0 Å². The van der Waals surface area contributed by atoms with Gasteiger partial charge < -0.3 is 9.47 Å². The molecule has 2 aromatic rings. The van der Waals surface area contributed by atoms with Crippen molar-refractivity contribution in [3.05, 3.63) is 58.3 Å². The first-order valence-electron chi connectivity index (χ1n) is 7.13. The Kier molecular flexibility index (Phi) is 5.59. The third-order valence-corrected chi connectivity index (χ3v) is 3.37. The molecule has 2 aromatic carbocycles. The van der Waals surface area contributed by atoms with E-state index in [1.54, 1.807) is 24.3 Å². The molecule has 0 saturated carbocycles. The van der Waals surface area contributed by atoms with E-state index in [0.717, 1.165) is 10.0 Å². The highest BCUT2D eigenvalue weighted by Gasteiger charge is 2.11. The average molecular weight is 367 g/mol. The second-order valence-electron chi connectivity index (χ2n) is 6.37. The van der Waals surface area contributed by atoms with Crippen molar-refractivity contribution in [1.82, 2.24) is 0 Å². The van der Waals surface area contributed by atoms with Gasteiger partial charge in [-0.3, -0.25) is 0 Å². The Balaban J connectivity index is 2.05. The zero-order chi connectivity index (χ0) is 16.2. The summed E-state index contributed by atoms with van der Waals surface area (Å²) in [6, 6.07) is 12.1. The van der Waals surface area contributed by atoms with Crippen LogP contribution >= 0.6 is 15.9 Å². The molecule has 0 N–H and O–H groups in total. The van der Waals surface area contributed by atoms with Crippen LogP contribution in [0.15, 0.2) is 46.9 Å². The molecule has 2 nitrogen and oxygen atoms in total. The fraction of sp³-hybridized carbons (Fsp3) is 0.333. The van der Waals surface area contributed by atoms with Gasteiger partial charge in [0.25, 0.3) is 0 Å². The molecule has 0 heterocycles. The molecule has 0 saturated heterocycles. The largest absolute Gasteiger partial charge is 0.454 e. The van der Waals surface area contributed by atoms with E-state index >= 15 is 0 Å². The molecule has 2 rings (SSSR count). The summed E-state index contributed by atoms with van der Waals surface area (Å²) in [5.74, 6) is 0.413. The summed E-state index contributed by atoms with van der Waals surface area (Å²) in [5.41, 5.74) is 0.995. The van der Waals surface area contributed by atoms with Gasteiger partial charge in [-0.2, -0.15) is 0 Å². The predicted octanol–water partition coefficient (Wildman–Crippen LogP) is 5.94. The smallest absolute Gasteiger partial charge is 0.165 e. The Bertz CT molecular complexity index is 618. The molecule has 0 atom stereocenters. The van der Waals surface area contributed by atoms with Crippen molar-refractivity contribution in [2.45, 2.75) is 27.4 Å². The van der Waals surface area contributed by atoms with E-state index in [1.807, 2.05) is 12.1 Å². The second kappa shape index (κ2) is 7.25. The van der Waals surface area contributed by atoms with Gasteiger partial charge in [-0.25, -0.2) is 4.39 Å². The first kappa shape index (κ1) is 17.0. The summed E-state index contributed by atoms with van der Waals surface area (Å²) < 4.78 is 26.1. The molecule has 0 radical (unpaired) electrons. The minimum Gasteiger partial charge on any atom is -0.454 e. The van der Waals surface area contributed by atoms with Crippen LogP contribution in [0.25, 0.3) is 0 Å². The normalized spacial score (nSPS) is 11.5. The summed E-state index contributed by atoms with van der Waals surface area (Å²) in [7, 11) is 0. The fourth-order valence-electron chi connectivity index (χ4n) is 1.82. The molecule has 0 fully saturated rings. The van der Waals surface area contributed by atoms with Crippen molar-refractivity contribution in [2.24, 2.45) is 5.41 Å². The van der Waals surface area contributed by atoms with Crippen molar-refractivity contribution in [3.8, 4) is 11.5 Å². The number of hydrogen-bond acceptors (Lipinski definition) is 2. The zero-order valence-corrected chi connectivity index (χ0v) is 14.6. The molecule has 0 unspecified atom stereocenters. The lowest BCUT2D eigenvalue weighted by Crippen LogP contribution is -2.14. The van der Waals surface area contributed by atoms with Crippen LogP contribution in [0.2, 0.25) is 0 Å². The molecular formula is C18H20BrFO2. The van der Waals surface area contributed by atoms with Crippen LogP contribution in [-0.2, 0) is 11.3 Å². The van der Waals surface area contributed by atoms with Crippen LogP contribution in [0, 0.1) is 11.2 Å². The molecule has 118 valence electrons. The zero-order valence-electron chi connectivity index (χ0n) is 13.0. The van der Waals surface area contributed by atoms with Crippen LogP contribution in [0.4, 0.5) is 4.39 Å². The van der Waals surface area contributed by atoms with E-state index in [2.05, 4.69) is 36.7 Å². The number of ether oxygens (including phenoxy) is 2. The van der Waals surface area contributed by atoms with E-state index in [0.29, 0.717) is 19.0 Å². The van der Waals surface area contributed by atoms with Gasteiger partial charge in [-0.05, 0) is 47.4 Å². The molecule has 0 amide bonds. The summed E-state index contributed by atoms with van der Waals surface area (Å²) in [6.07, 6.45) is 0. The minimum atomic E-state index is -0.387. The lowest BCUT2D eigenvalue weighted by molar-refractivity contribution is 0.0598. The number of hydrogen-bond donors (Lipinski definition) is 0. The van der Waals surface area contributed by atoms with Gasteiger partial charge in [-0.1, -0.05) is 42.8 Å². The van der Waals surface area contributed by atoms with Gasteiger partial charge >= 0.3 is 0 Å². The maximum Gasteiger partial charge on any atom is 0.165 e. The third-order valence-electron chi connectivity index (χ3n) is 2.84. The van der Waals surface area contributed by atoms with Crippen LogP contribution < -0.4 is 4.74 Å². The van der Waals surface area contributed by atoms with Crippen LogP contribution in [0.5, 0.6) is 11.5 Å². The Labute approximate surface area is 139 Å². The highest BCUT2D eigenvalue weighted by atomic mass is 79.9. The van der Waals surface area contributed by atoms with Crippen molar-refractivity contribution in [1.29, 1.82) is 0 Å². The molecule has 4 heteroatoms. The standard InChI is InChI=1S/C18H20BrFO2/c1-18(2,3)12-21-11-13-4-9-16(20)17(10-13)22-15-7-5-14(19)6-8-15/h4-10H,11-12H2,1-3H3. The number of halogens is 2. The van der Waals surface area contributed by atoms with Gasteiger partial charge in [0.15, 0.2) is 11.6 Å². The summed E-state index contributed by atoms with van der Waals surface area (Å²) in [4.78, 5) is 0. The van der Waals surface area contributed by atoms with Crippen molar-refractivity contribution >= 4 is 15.9 Å². The Morgan fingerprint density at radius 2 is 1.73 bits per heavy atom. The Morgan fingerprint density at radius 1 is 1.05 bits per heavy atom. The predicted molar refractivity (Wildman–Crippen MR) is 89.7 cm³/mol. The maximum absolute atomic E-state index is 13.9. The third kappa shape index (κ3) is 5.43. The Morgan fingerprint density at radius 3 is 2.36 bits per heavy atom. The second-order valence-corrected chi connectivity index (χ2v) is 7.29. The van der Waals surface area contributed by atoms with Crippen molar-refractivity contribution in [2.75, 3.05) is 6.61 Å². The molecular weight excluding hydrogens is 347 g/mol. The van der Waals surface area contributed by atoms with Crippen LogP contribution in [0.3, 0.4) is 0 Å². The van der Waals surface area contributed by atoms with Crippen molar-refractivity contribution in [3.63, 3.8) is 0 Å². The first-order valence-corrected chi connectivity index (χ1v) is 7.92. The number of rotatable bonds is 5. The minimum absolute atomic E-state index is 0.108. The van der Waals surface area contributed by atoms with Gasteiger partial charge in [0, 0.05) is 4.47 Å². The summed E-state index contributed by atoms with van der Waals surface area (Å²) in [6.45, 7) is 7.42. The summed E-state index contributed by atoms with van der Waals surface area (Å²) in [5, 5.41) is 0. The monoisotopic (exact) mass is 366 g/mol. The highest BCUT2D eigenvalue weighted by Crippen LogP contribution is 2.27. The summed E-state index contributed by atoms with van der Waals surface area (Å²) >= 11 is 3.36. The first-order chi connectivity index (χ1) is 10.3. The highest BCUT2D eigenvalue weighted by molar-refractivity contribution is 9.10. The van der Waals surface area contributed by atoms with E-state index in [1.165, 1.54) is 6.07 Å². The van der Waals surface area contributed by atoms with Crippen LogP contribution in [-0.4, -0.2) is 6.61 Å². The molecule has 0 bridgehead atoms. The molecule has 0 aromatic heterocycles. The lowest BCUT2D eigenvalue weighted by Gasteiger charge is -2.18. The van der Waals surface area contributed by atoms with E-state index < -0.39 is 0 Å². The van der Waals surface area contributed by atoms with E-state index in [4.69, 9.17) is 9.47 Å². The lowest BCUT2D eigenvalue weighted by atomic mass is 9.99. The Hall–Kier alpha value is -1.39. The van der Waals surface area contributed by atoms with Crippen LogP contribution in [0.1, 0.15) is 26.3 Å². The van der Waals surface area contributed by atoms with E-state index in [-0.39, 0.29) is 17.0 Å². The van der Waals surface area contributed by atoms with Gasteiger partial charge in [0.2, 0.25) is 0 Å². The molecule has 0 aliphatic carbocycles. The SMILES string of the molecule is CC(C)(C)COCc1ccc(F)c(Oc2ccc(Br)cc2)c1. The van der Waals surface area contributed by atoms with Crippen molar-refractivity contribution < 1.29 is 13.9 Å². The fourth-order valence-corrected chi connectivity index (χ4v) is 2.08. The topological polar surface area (TPSA) is 18.5 Å².